The molecule has 136 valence electrons. The van der Waals surface area contributed by atoms with Crippen LogP contribution >= 0.6 is 0 Å². The van der Waals surface area contributed by atoms with Crippen molar-refractivity contribution < 1.29 is 27.8 Å². The Bertz CT molecular complexity index is 915. The number of fused-ring (bicyclic) bond motifs is 1. The van der Waals surface area contributed by atoms with Crippen LogP contribution in [0.15, 0.2) is 42.7 Å². The lowest BCUT2D eigenvalue weighted by Crippen LogP contribution is -2.16. The van der Waals surface area contributed by atoms with Crippen molar-refractivity contribution in [3.8, 4) is 11.5 Å². The Labute approximate surface area is 146 Å². The van der Waals surface area contributed by atoms with Gasteiger partial charge in [0.05, 0.1) is 19.2 Å². The van der Waals surface area contributed by atoms with Gasteiger partial charge in [-0.1, -0.05) is 0 Å². The van der Waals surface area contributed by atoms with Gasteiger partial charge in [0, 0.05) is 16.6 Å². The molecule has 0 radical (unpaired) electrons. The summed E-state index contributed by atoms with van der Waals surface area (Å²) >= 11 is 0. The summed E-state index contributed by atoms with van der Waals surface area (Å²) in [6, 6.07) is 8.64. The van der Waals surface area contributed by atoms with Crippen LogP contribution in [0.4, 0.5) is 24.7 Å². The van der Waals surface area contributed by atoms with Crippen molar-refractivity contribution in [2.45, 2.75) is 13.0 Å². The molecule has 1 heterocycles. The first kappa shape index (κ1) is 17.7. The van der Waals surface area contributed by atoms with E-state index in [2.05, 4.69) is 20.0 Å². The number of anilines is 2. The number of nitrogens with zero attached hydrogens (tertiary/aromatic N) is 2. The van der Waals surface area contributed by atoms with E-state index in [1.54, 1.807) is 12.1 Å². The second-order valence-electron chi connectivity index (χ2n) is 5.26. The van der Waals surface area contributed by atoms with Crippen LogP contribution < -0.4 is 14.8 Å². The van der Waals surface area contributed by atoms with E-state index in [1.165, 1.54) is 37.7 Å². The number of nitrogens with one attached hydrogen (secondary N) is 1. The standard InChI is InChI=1S/C17H14F3N3O3/c1-25-15-7-13-14(6-10(15)8-24)21-9-22-16(13)23-11-2-4-12(5-3-11)26-17(18,19)20/h2-7,9,24H,8H2,1H3,(H,21,22,23). The van der Waals surface area contributed by atoms with Crippen LogP contribution in [0.25, 0.3) is 10.9 Å². The summed E-state index contributed by atoms with van der Waals surface area (Å²) in [5, 5.41) is 13.0. The van der Waals surface area contributed by atoms with Crippen LogP contribution in [0.3, 0.4) is 0 Å². The third-order valence-corrected chi connectivity index (χ3v) is 3.56. The monoisotopic (exact) mass is 365 g/mol. The SMILES string of the molecule is COc1cc2c(Nc3ccc(OC(F)(F)F)cc3)ncnc2cc1CO. The highest BCUT2D eigenvalue weighted by molar-refractivity contribution is 5.92. The van der Waals surface area contributed by atoms with Crippen LogP contribution in [0, 0.1) is 0 Å². The minimum Gasteiger partial charge on any atom is -0.496 e. The van der Waals surface area contributed by atoms with E-state index < -0.39 is 6.36 Å². The Kier molecular flexibility index (Phi) is 4.81. The minimum absolute atomic E-state index is 0.202. The van der Waals surface area contributed by atoms with Gasteiger partial charge in [-0.15, -0.1) is 13.2 Å². The quantitative estimate of drug-likeness (QED) is 0.717. The van der Waals surface area contributed by atoms with Gasteiger partial charge in [-0.05, 0) is 36.4 Å². The first-order chi connectivity index (χ1) is 12.4. The molecule has 26 heavy (non-hydrogen) atoms. The third-order valence-electron chi connectivity index (χ3n) is 3.56. The Balaban J connectivity index is 1.91. The van der Waals surface area contributed by atoms with E-state index in [1.807, 2.05) is 0 Å². The summed E-state index contributed by atoms with van der Waals surface area (Å²) in [7, 11) is 1.48. The molecule has 0 saturated carbocycles. The van der Waals surface area contributed by atoms with Crippen molar-refractivity contribution in [2.75, 3.05) is 12.4 Å². The molecule has 0 aliphatic carbocycles. The Morgan fingerprint density at radius 2 is 1.85 bits per heavy atom. The van der Waals surface area contributed by atoms with E-state index in [-0.39, 0.29) is 12.4 Å². The number of alkyl halides is 3. The fourth-order valence-electron chi connectivity index (χ4n) is 2.42. The number of aliphatic hydroxyl groups excluding tert-OH is 1. The van der Waals surface area contributed by atoms with E-state index in [0.717, 1.165) is 0 Å². The first-order valence-electron chi connectivity index (χ1n) is 7.45. The molecule has 0 aliphatic rings. The van der Waals surface area contributed by atoms with Gasteiger partial charge >= 0.3 is 6.36 Å². The molecule has 0 fully saturated rings. The fraction of sp³-hybridized carbons (Fsp3) is 0.176. The number of aliphatic hydroxyl groups is 1. The molecule has 0 saturated heterocycles. The number of hydrogen-bond donors (Lipinski definition) is 2. The van der Waals surface area contributed by atoms with Crippen LogP contribution in [-0.2, 0) is 6.61 Å². The molecular weight excluding hydrogens is 351 g/mol. The molecule has 0 atom stereocenters. The molecule has 0 aliphatic heterocycles. The number of benzene rings is 2. The molecule has 0 bridgehead atoms. The maximum Gasteiger partial charge on any atom is 0.573 e. The predicted octanol–water partition coefficient (Wildman–Crippen LogP) is 3.77. The van der Waals surface area contributed by atoms with Gasteiger partial charge in [-0.2, -0.15) is 0 Å². The van der Waals surface area contributed by atoms with Gasteiger partial charge in [0.2, 0.25) is 0 Å². The average molecular weight is 365 g/mol. The van der Waals surface area contributed by atoms with Gasteiger partial charge in [0.15, 0.2) is 0 Å². The van der Waals surface area contributed by atoms with Crippen LogP contribution in [-0.4, -0.2) is 28.5 Å². The zero-order chi connectivity index (χ0) is 18.7. The molecule has 0 spiro atoms. The summed E-state index contributed by atoms with van der Waals surface area (Å²) in [4.78, 5) is 8.32. The van der Waals surface area contributed by atoms with Crippen molar-refractivity contribution >= 4 is 22.4 Å². The summed E-state index contributed by atoms with van der Waals surface area (Å²) in [6.45, 7) is -0.202. The molecule has 6 nitrogen and oxygen atoms in total. The van der Waals surface area contributed by atoms with Crippen molar-refractivity contribution in [3.05, 3.63) is 48.3 Å². The maximum absolute atomic E-state index is 12.2. The second-order valence-corrected chi connectivity index (χ2v) is 5.26. The van der Waals surface area contributed by atoms with E-state index in [9.17, 15) is 18.3 Å². The van der Waals surface area contributed by atoms with Crippen LogP contribution in [0.2, 0.25) is 0 Å². The highest BCUT2D eigenvalue weighted by Gasteiger charge is 2.30. The number of ether oxygens (including phenoxy) is 2. The first-order valence-corrected chi connectivity index (χ1v) is 7.45. The molecule has 2 N–H and O–H groups in total. The van der Waals surface area contributed by atoms with Crippen molar-refractivity contribution in [2.24, 2.45) is 0 Å². The van der Waals surface area contributed by atoms with Crippen molar-refractivity contribution in [1.29, 1.82) is 0 Å². The minimum atomic E-state index is -4.74. The Morgan fingerprint density at radius 3 is 2.46 bits per heavy atom. The maximum atomic E-state index is 12.2. The van der Waals surface area contributed by atoms with Crippen LogP contribution in [0.5, 0.6) is 11.5 Å². The summed E-state index contributed by atoms with van der Waals surface area (Å²) in [5.41, 5.74) is 1.69. The third kappa shape index (κ3) is 3.94. The largest absolute Gasteiger partial charge is 0.573 e. The summed E-state index contributed by atoms with van der Waals surface area (Å²) in [6.07, 6.45) is -3.39. The molecule has 2 aromatic carbocycles. The molecule has 1 aromatic heterocycles. The molecule has 9 heteroatoms. The van der Waals surface area contributed by atoms with Gasteiger partial charge in [0.1, 0.15) is 23.6 Å². The number of aromatic nitrogens is 2. The molecular formula is C17H14F3N3O3. The predicted molar refractivity (Wildman–Crippen MR) is 88.4 cm³/mol. The van der Waals surface area contributed by atoms with E-state index in [4.69, 9.17) is 4.74 Å². The number of hydrogen-bond acceptors (Lipinski definition) is 6. The van der Waals surface area contributed by atoms with E-state index >= 15 is 0 Å². The lowest BCUT2D eigenvalue weighted by Gasteiger charge is -2.12. The topological polar surface area (TPSA) is 76.5 Å². The molecule has 0 unspecified atom stereocenters. The highest BCUT2D eigenvalue weighted by atomic mass is 19.4. The average Bonchev–Trinajstić information content (AvgIpc) is 2.61. The van der Waals surface area contributed by atoms with Crippen molar-refractivity contribution in [1.82, 2.24) is 9.97 Å². The Hall–Kier alpha value is -3.07. The summed E-state index contributed by atoms with van der Waals surface area (Å²) < 4.78 is 45.7. The Morgan fingerprint density at radius 1 is 1.12 bits per heavy atom. The lowest BCUT2D eigenvalue weighted by molar-refractivity contribution is -0.274. The number of halogens is 3. The number of methoxy groups -OCH3 is 1. The van der Waals surface area contributed by atoms with Gasteiger partial charge in [-0.25, -0.2) is 9.97 Å². The van der Waals surface area contributed by atoms with Gasteiger partial charge < -0.3 is 19.9 Å². The smallest absolute Gasteiger partial charge is 0.496 e. The molecule has 3 aromatic rings. The van der Waals surface area contributed by atoms with Crippen LogP contribution in [0.1, 0.15) is 5.56 Å². The van der Waals surface area contributed by atoms with Crippen molar-refractivity contribution in [3.63, 3.8) is 0 Å². The normalized spacial score (nSPS) is 11.4. The number of rotatable bonds is 5. The highest BCUT2D eigenvalue weighted by Crippen LogP contribution is 2.31. The van der Waals surface area contributed by atoms with Gasteiger partial charge in [0.25, 0.3) is 0 Å². The van der Waals surface area contributed by atoms with Gasteiger partial charge in [-0.3, -0.25) is 0 Å². The fourth-order valence-corrected chi connectivity index (χ4v) is 2.42. The van der Waals surface area contributed by atoms with E-state index in [0.29, 0.717) is 33.7 Å². The summed E-state index contributed by atoms with van der Waals surface area (Å²) in [5.74, 6) is 0.610. The molecule has 3 rings (SSSR count). The molecule has 0 amide bonds. The zero-order valence-electron chi connectivity index (χ0n) is 13.5. The lowest BCUT2D eigenvalue weighted by atomic mass is 10.1. The second kappa shape index (κ2) is 7.04. The zero-order valence-corrected chi connectivity index (χ0v) is 13.5.